The van der Waals surface area contributed by atoms with Crippen LogP contribution in [0.2, 0.25) is 5.02 Å². The molecule has 0 amide bonds. The Kier molecular flexibility index (Phi) is 4.97. The van der Waals surface area contributed by atoms with E-state index in [0.29, 0.717) is 0 Å². The molecular formula is C16H18ClNO. The molecule has 0 heterocycles. The molecule has 2 nitrogen and oxygen atoms in total. The van der Waals surface area contributed by atoms with Crippen molar-refractivity contribution < 1.29 is 5.11 Å². The van der Waals surface area contributed by atoms with Crippen LogP contribution in [0.4, 0.5) is 0 Å². The minimum absolute atomic E-state index is 0.0921. The molecule has 2 aromatic rings. The summed E-state index contributed by atoms with van der Waals surface area (Å²) in [6.45, 7) is 3.02. The van der Waals surface area contributed by atoms with Gasteiger partial charge in [-0.2, -0.15) is 0 Å². The third kappa shape index (κ3) is 4.06. The van der Waals surface area contributed by atoms with Crippen molar-refractivity contribution in [3.63, 3.8) is 0 Å². The first-order valence-electron chi connectivity index (χ1n) is 6.36. The largest absolute Gasteiger partial charge is 0.392 e. The maximum atomic E-state index is 8.99. The van der Waals surface area contributed by atoms with Crippen LogP contribution in [0.15, 0.2) is 48.5 Å². The molecule has 0 aliphatic heterocycles. The second-order valence-corrected chi connectivity index (χ2v) is 5.07. The van der Waals surface area contributed by atoms with Gasteiger partial charge in [0.1, 0.15) is 0 Å². The van der Waals surface area contributed by atoms with Crippen molar-refractivity contribution in [1.29, 1.82) is 0 Å². The summed E-state index contributed by atoms with van der Waals surface area (Å²) >= 11 is 5.88. The predicted molar refractivity (Wildman–Crippen MR) is 79.1 cm³/mol. The summed E-state index contributed by atoms with van der Waals surface area (Å²) in [5.74, 6) is 0. The van der Waals surface area contributed by atoms with Crippen LogP contribution in [-0.2, 0) is 13.2 Å². The van der Waals surface area contributed by atoms with Gasteiger partial charge in [-0.25, -0.2) is 0 Å². The Morgan fingerprint density at radius 2 is 1.58 bits per heavy atom. The van der Waals surface area contributed by atoms with Crippen LogP contribution in [0.1, 0.15) is 29.7 Å². The zero-order chi connectivity index (χ0) is 13.7. The van der Waals surface area contributed by atoms with E-state index in [-0.39, 0.29) is 12.6 Å². The van der Waals surface area contributed by atoms with Crippen LogP contribution in [0.5, 0.6) is 0 Å². The van der Waals surface area contributed by atoms with E-state index in [9.17, 15) is 0 Å². The summed E-state index contributed by atoms with van der Waals surface area (Å²) in [7, 11) is 0. The third-order valence-corrected chi connectivity index (χ3v) is 3.44. The van der Waals surface area contributed by atoms with Gasteiger partial charge in [0.15, 0.2) is 0 Å². The topological polar surface area (TPSA) is 32.3 Å². The van der Waals surface area contributed by atoms with Gasteiger partial charge in [-0.1, -0.05) is 48.0 Å². The van der Waals surface area contributed by atoms with Crippen molar-refractivity contribution >= 4 is 11.6 Å². The first kappa shape index (κ1) is 14.1. The maximum Gasteiger partial charge on any atom is 0.0681 e. The van der Waals surface area contributed by atoms with E-state index in [2.05, 4.69) is 12.2 Å². The van der Waals surface area contributed by atoms with Crippen LogP contribution in [0.3, 0.4) is 0 Å². The van der Waals surface area contributed by atoms with Gasteiger partial charge in [0.05, 0.1) is 6.61 Å². The van der Waals surface area contributed by atoms with Gasteiger partial charge in [0.2, 0.25) is 0 Å². The van der Waals surface area contributed by atoms with Gasteiger partial charge in [-0.05, 0) is 35.7 Å². The summed E-state index contributed by atoms with van der Waals surface area (Å²) in [6, 6.07) is 16.1. The highest BCUT2D eigenvalue weighted by atomic mass is 35.5. The molecular weight excluding hydrogens is 258 g/mol. The standard InChI is InChI=1S/C16H18ClNO/c1-12(15-6-8-16(17)9-7-15)18-10-13-2-4-14(11-19)5-3-13/h2-9,12,18-19H,10-11H2,1H3/t12-/m0/s1. The fourth-order valence-electron chi connectivity index (χ4n) is 1.90. The third-order valence-electron chi connectivity index (χ3n) is 3.19. The molecule has 0 unspecified atom stereocenters. The molecule has 3 heteroatoms. The van der Waals surface area contributed by atoms with E-state index < -0.39 is 0 Å². The summed E-state index contributed by atoms with van der Waals surface area (Å²) in [5, 5.41) is 13.2. The van der Waals surface area contributed by atoms with Crippen LogP contribution in [0, 0.1) is 0 Å². The van der Waals surface area contributed by atoms with Gasteiger partial charge in [0.25, 0.3) is 0 Å². The zero-order valence-corrected chi connectivity index (χ0v) is 11.7. The van der Waals surface area contributed by atoms with Crippen LogP contribution < -0.4 is 5.32 Å². The van der Waals surface area contributed by atoms with E-state index in [1.807, 2.05) is 48.5 Å². The fraction of sp³-hybridized carbons (Fsp3) is 0.250. The first-order chi connectivity index (χ1) is 9.19. The fourth-order valence-corrected chi connectivity index (χ4v) is 2.03. The molecule has 0 aromatic heterocycles. The quantitative estimate of drug-likeness (QED) is 0.872. The van der Waals surface area contributed by atoms with Crippen LogP contribution >= 0.6 is 11.6 Å². The second-order valence-electron chi connectivity index (χ2n) is 4.63. The number of hydrogen-bond acceptors (Lipinski definition) is 2. The summed E-state index contributed by atoms with van der Waals surface area (Å²) in [4.78, 5) is 0. The average Bonchev–Trinajstić information content (AvgIpc) is 2.46. The van der Waals surface area contributed by atoms with Crippen LogP contribution in [-0.4, -0.2) is 5.11 Å². The normalized spacial score (nSPS) is 12.4. The molecule has 2 rings (SSSR count). The lowest BCUT2D eigenvalue weighted by Crippen LogP contribution is -2.17. The minimum Gasteiger partial charge on any atom is -0.392 e. The Bertz CT molecular complexity index is 507. The van der Waals surface area contributed by atoms with Gasteiger partial charge in [0, 0.05) is 17.6 Å². The zero-order valence-electron chi connectivity index (χ0n) is 10.9. The first-order valence-corrected chi connectivity index (χ1v) is 6.74. The molecule has 0 saturated heterocycles. The summed E-state index contributed by atoms with van der Waals surface area (Å²) in [5.41, 5.74) is 3.36. The molecule has 0 radical (unpaired) electrons. The van der Waals surface area contributed by atoms with E-state index in [1.165, 1.54) is 11.1 Å². The number of aliphatic hydroxyl groups excluding tert-OH is 1. The van der Waals surface area contributed by atoms with Gasteiger partial charge in [-0.15, -0.1) is 0 Å². The number of hydrogen-bond donors (Lipinski definition) is 2. The lowest BCUT2D eigenvalue weighted by molar-refractivity contribution is 0.282. The Morgan fingerprint density at radius 3 is 2.16 bits per heavy atom. The van der Waals surface area contributed by atoms with E-state index in [1.54, 1.807) is 0 Å². The molecule has 0 aliphatic carbocycles. The second kappa shape index (κ2) is 6.71. The molecule has 19 heavy (non-hydrogen) atoms. The Labute approximate surface area is 119 Å². The highest BCUT2D eigenvalue weighted by Gasteiger charge is 2.04. The van der Waals surface area contributed by atoms with Crippen LogP contribution in [0.25, 0.3) is 0 Å². The van der Waals surface area contributed by atoms with Crippen molar-refractivity contribution in [2.75, 3.05) is 0 Å². The highest BCUT2D eigenvalue weighted by Crippen LogP contribution is 2.16. The van der Waals surface area contributed by atoms with E-state index in [0.717, 1.165) is 17.1 Å². The molecule has 1 atom stereocenters. The molecule has 0 bridgehead atoms. The molecule has 0 spiro atoms. The number of nitrogens with one attached hydrogen (secondary N) is 1. The van der Waals surface area contributed by atoms with Crippen molar-refractivity contribution in [3.8, 4) is 0 Å². The van der Waals surface area contributed by atoms with Crippen molar-refractivity contribution in [1.82, 2.24) is 5.32 Å². The predicted octanol–water partition coefficient (Wildman–Crippen LogP) is 3.68. The number of benzene rings is 2. The Balaban J connectivity index is 1.92. The molecule has 0 aliphatic rings. The van der Waals surface area contributed by atoms with E-state index in [4.69, 9.17) is 16.7 Å². The van der Waals surface area contributed by atoms with Crippen molar-refractivity contribution in [3.05, 3.63) is 70.2 Å². The van der Waals surface area contributed by atoms with Gasteiger partial charge < -0.3 is 10.4 Å². The van der Waals surface area contributed by atoms with Crippen molar-refractivity contribution in [2.24, 2.45) is 0 Å². The van der Waals surface area contributed by atoms with Gasteiger partial charge in [-0.3, -0.25) is 0 Å². The SMILES string of the molecule is C[C@H](NCc1ccc(CO)cc1)c1ccc(Cl)cc1. The van der Waals surface area contributed by atoms with E-state index >= 15 is 0 Å². The molecule has 2 aromatic carbocycles. The van der Waals surface area contributed by atoms with Crippen molar-refractivity contribution in [2.45, 2.75) is 26.1 Å². The lowest BCUT2D eigenvalue weighted by atomic mass is 10.1. The van der Waals surface area contributed by atoms with Gasteiger partial charge >= 0.3 is 0 Å². The monoisotopic (exact) mass is 275 g/mol. The number of rotatable bonds is 5. The minimum atomic E-state index is 0.0921. The summed E-state index contributed by atoms with van der Waals surface area (Å²) in [6.07, 6.45) is 0. The summed E-state index contributed by atoms with van der Waals surface area (Å²) < 4.78 is 0. The smallest absolute Gasteiger partial charge is 0.0681 e. The molecule has 100 valence electrons. The average molecular weight is 276 g/mol. The maximum absolute atomic E-state index is 8.99. The molecule has 2 N–H and O–H groups in total. The number of halogens is 1. The highest BCUT2D eigenvalue weighted by molar-refractivity contribution is 6.30. The molecule has 0 saturated carbocycles. The number of aliphatic hydroxyl groups is 1. The Morgan fingerprint density at radius 1 is 1.00 bits per heavy atom. The Hall–Kier alpha value is -1.35. The molecule has 0 fully saturated rings. The lowest BCUT2D eigenvalue weighted by Gasteiger charge is -2.14.